The van der Waals surface area contributed by atoms with Crippen molar-refractivity contribution in [3.8, 4) is 0 Å². The third-order valence-electron chi connectivity index (χ3n) is 3.51. The van der Waals surface area contributed by atoms with Gasteiger partial charge in [0, 0.05) is 11.3 Å². The number of unbranched alkanes of at least 4 members (excludes halogenated alkanes) is 3. The van der Waals surface area contributed by atoms with E-state index >= 15 is 0 Å². The summed E-state index contributed by atoms with van der Waals surface area (Å²) in [6.45, 7) is 4.11. The Labute approximate surface area is 143 Å². The molecule has 0 aromatic heterocycles. The molecule has 0 saturated carbocycles. The van der Waals surface area contributed by atoms with Gasteiger partial charge in [0.15, 0.2) is 0 Å². The number of benzene rings is 1. The van der Waals surface area contributed by atoms with E-state index in [0.717, 1.165) is 37.0 Å². The SMILES string of the molecule is CCCCCCC(=O)Nc1ccccc1S[C@@H](CCC)C(=O)O. The number of hydrogen-bond donors (Lipinski definition) is 2. The highest BCUT2D eigenvalue weighted by atomic mass is 32.2. The molecule has 0 saturated heterocycles. The van der Waals surface area contributed by atoms with E-state index < -0.39 is 11.2 Å². The van der Waals surface area contributed by atoms with Crippen LogP contribution in [0.3, 0.4) is 0 Å². The van der Waals surface area contributed by atoms with Gasteiger partial charge in [-0.3, -0.25) is 9.59 Å². The van der Waals surface area contributed by atoms with Gasteiger partial charge in [0.2, 0.25) is 5.91 Å². The zero-order valence-electron chi connectivity index (χ0n) is 14.0. The van der Waals surface area contributed by atoms with Crippen LogP contribution in [-0.4, -0.2) is 22.2 Å². The van der Waals surface area contributed by atoms with E-state index in [4.69, 9.17) is 0 Å². The molecular weight excluding hydrogens is 310 g/mol. The minimum Gasteiger partial charge on any atom is -0.480 e. The van der Waals surface area contributed by atoms with Crippen molar-refractivity contribution in [3.05, 3.63) is 24.3 Å². The summed E-state index contributed by atoms with van der Waals surface area (Å²) in [7, 11) is 0. The first kappa shape index (κ1) is 19.6. The number of carboxylic acids is 1. The van der Waals surface area contributed by atoms with Crippen LogP contribution in [0.15, 0.2) is 29.2 Å². The largest absolute Gasteiger partial charge is 0.480 e. The summed E-state index contributed by atoms with van der Waals surface area (Å²) in [6.07, 6.45) is 6.19. The topological polar surface area (TPSA) is 66.4 Å². The number of carbonyl (C=O) groups is 2. The summed E-state index contributed by atoms with van der Waals surface area (Å²) in [5, 5.41) is 11.7. The molecule has 1 aromatic rings. The van der Waals surface area contributed by atoms with E-state index in [1.165, 1.54) is 11.8 Å². The number of carboxylic acid groups (broad SMARTS) is 1. The van der Waals surface area contributed by atoms with Crippen molar-refractivity contribution in [1.82, 2.24) is 0 Å². The van der Waals surface area contributed by atoms with Gasteiger partial charge in [-0.15, -0.1) is 11.8 Å². The van der Waals surface area contributed by atoms with E-state index in [0.29, 0.717) is 18.5 Å². The molecule has 0 aliphatic carbocycles. The smallest absolute Gasteiger partial charge is 0.316 e. The van der Waals surface area contributed by atoms with E-state index in [9.17, 15) is 14.7 Å². The van der Waals surface area contributed by atoms with Gasteiger partial charge in [0.25, 0.3) is 0 Å². The van der Waals surface area contributed by atoms with Crippen LogP contribution in [-0.2, 0) is 9.59 Å². The molecule has 0 radical (unpaired) electrons. The third-order valence-corrected chi connectivity index (χ3v) is 4.85. The van der Waals surface area contributed by atoms with Crippen LogP contribution in [0.25, 0.3) is 0 Å². The Balaban J connectivity index is 2.65. The Morgan fingerprint density at radius 1 is 1.13 bits per heavy atom. The average molecular weight is 337 g/mol. The van der Waals surface area contributed by atoms with Gasteiger partial charge in [0.05, 0.1) is 5.69 Å². The van der Waals surface area contributed by atoms with Gasteiger partial charge >= 0.3 is 5.97 Å². The molecule has 0 aliphatic heterocycles. The Morgan fingerprint density at radius 3 is 2.52 bits per heavy atom. The number of anilines is 1. The minimum absolute atomic E-state index is 0.00322. The van der Waals surface area contributed by atoms with Crippen LogP contribution in [0.1, 0.15) is 58.8 Å². The fraction of sp³-hybridized carbons (Fsp3) is 0.556. The zero-order valence-corrected chi connectivity index (χ0v) is 14.8. The number of nitrogens with one attached hydrogen (secondary N) is 1. The predicted molar refractivity (Wildman–Crippen MR) is 96.0 cm³/mol. The molecule has 0 aliphatic rings. The zero-order chi connectivity index (χ0) is 17.1. The fourth-order valence-corrected chi connectivity index (χ4v) is 3.41. The molecule has 2 N–H and O–H groups in total. The maximum atomic E-state index is 12.0. The lowest BCUT2D eigenvalue weighted by Crippen LogP contribution is -2.17. The normalized spacial score (nSPS) is 11.9. The standard InChI is InChI=1S/C18H27NO3S/c1-3-5-6-7-13-17(20)19-14-11-8-9-12-15(14)23-16(10-4-2)18(21)22/h8-9,11-12,16H,3-7,10,13H2,1-2H3,(H,19,20)(H,21,22)/t16-/m0/s1. The number of amides is 1. The van der Waals surface area contributed by atoms with Crippen LogP contribution < -0.4 is 5.32 Å². The van der Waals surface area contributed by atoms with E-state index in [2.05, 4.69) is 12.2 Å². The molecule has 0 bridgehead atoms. The fourth-order valence-electron chi connectivity index (χ4n) is 2.25. The number of rotatable bonds is 11. The molecular formula is C18H27NO3S. The monoisotopic (exact) mass is 337 g/mol. The van der Waals surface area contributed by atoms with Gasteiger partial charge in [-0.25, -0.2) is 0 Å². The second-order valence-electron chi connectivity index (χ2n) is 5.59. The number of hydrogen-bond acceptors (Lipinski definition) is 3. The van der Waals surface area contributed by atoms with Crippen molar-refractivity contribution in [2.75, 3.05) is 5.32 Å². The quantitative estimate of drug-likeness (QED) is 0.443. The number of carbonyl (C=O) groups excluding carboxylic acids is 1. The summed E-state index contributed by atoms with van der Waals surface area (Å²) >= 11 is 1.31. The summed E-state index contributed by atoms with van der Waals surface area (Å²) in [4.78, 5) is 24.2. The summed E-state index contributed by atoms with van der Waals surface area (Å²) in [5.74, 6) is -0.811. The molecule has 1 amide bonds. The number of para-hydroxylation sites is 1. The van der Waals surface area contributed by atoms with Crippen molar-refractivity contribution in [2.45, 2.75) is 68.9 Å². The summed E-state index contributed by atoms with van der Waals surface area (Å²) < 4.78 is 0. The van der Waals surface area contributed by atoms with Crippen LogP contribution >= 0.6 is 11.8 Å². The molecule has 0 fully saturated rings. The lowest BCUT2D eigenvalue weighted by atomic mass is 10.1. The predicted octanol–water partition coefficient (Wildman–Crippen LogP) is 4.94. The van der Waals surface area contributed by atoms with Gasteiger partial charge < -0.3 is 10.4 Å². The molecule has 1 aromatic carbocycles. The Bertz CT molecular complexity index is 505. The molecule has 5 heteroatoms. The van der Waals surface area contributed by atoms with Gasteiger partial charge in [-0.05, 0) is 25.0 Å². The van der Waals surface area contributed by atoms with Gasteiger partial charge in [-0.2, -0.15) is 0 Å². The first-order valence-electron chi connectivity index (χ1n) is 8.36. The van der Waals surface area contributed by atoms with Crippen LogP contribution in [0.2, 0.25) is 0 Å². The lowest BCUT2D eigenvalue weighted by molar-refractivity contribution is -0.136. The van der Waals surface area contributed by atoms with Crippen molar-refractivity contribution in [3.63, 3.8) is 0 Å². The van der Waals surface area contributed by atoms with Crippen molar-refractivity contribution >= 4 is 29.3 Å². The highest BCUT2D eigenvalue weighted by Gasteiger charge is 2.19. The second kappa shape index (κ2) is 11.1. The summed E-state index contributed by atoms with van der Waals surface area (Å²) in [5.41, 5.74) is 0.709. The highest BCUT2D eigenvalue weighted by Crippen LogP contribution is 2.32. The first-order valence-corrected chi connectivity index (χ1v) is 9.24. The maximum absolute atomic E-state index is 12.0. The van der Waals surface area contributed by atoms with E-state index in [1.54, 1.807) is 0 Å². The molecule has 23 heavy (non-hydrogen) atoms. The van der Waals surface area contributed by atoms with Crippen molar-refractivity contribution in [1.29, 1.82) is 0 Å². The Kier molecular flexibility index (Phi) is 9.45. The molecule has 128 valence electrons. The average Bonchev–Trinajstić information content (AvgIpc) is 2.52. The lowest BCUT2D eigenvalue weighted by Gasteiger charge is -2.15. The molecule has 0 heterocycles. The summed E-state index contributed by atoms with van der Waals surface area (Å²) in [6, 6.07) is 7.41. The highest BCUT2D eigenvalue weighted by molar-refractivity contribution is 8.00. The maximum Gasteiger partial charge on any atom is 0.316 e. The molecule has 1 atom stereocenters. The molecule has 1 rings (SSSR count). The van der Waals surface area contributed by atoms with Crippen LogP contribution in [0.4, 0.5) is 5.69 Å². The van der Waals surface area contributed by atoms with Crippen LogP contribution in [0, 0.1) is 0 Å². The third kappa shape index (κ3) is 7.55. The minimum atomic E-state index is -0.808. The first-order chi connectivity index (χ1) is 11.1. The number of thioether (sulfide) groups is 1. The van der Waals surface area contributed by atoms with Crippen molar-refractivity contribution in [2.24, 2.45) is 0 Å². The van der Waals surface area contributed by atoms with E-state index in [1.807, 2.05) is 31.2 Å². The molecule has 0 unspecified atom stereocenters. The van der Waals surface area contributed by atoms with Gasteiger partial charge in [0.1, 0.15) is 5.25 Å². The molecule has 0 spiro atoms. The van der Waals surface area contributed by atoms with Crippen molar-refractivity contribution < 1.29 is 14.7 Å². The Hall–Kier alpha value is -1.49. The van der Waals surface area contributed by atoms with Gasteiger partial charge in [-0.1, -0.05) is 51.7 Å². The van der Waals surface area contributed by atoms with Crippen LogP contribution in [0.5, 0.6) is 0 Å². The molecule has 4 nitrogen and oxygen atoms in total. The second-order valence-corrected chi connectivity index (χ2v) is 6.83. The van der Waals surface area contributed by atoms with E-state index in [-0.39, 0.29) is 5.91 Å². The number of aliphatic carboxylic acids is 1. The Morgan fingerprint density at radius 2 is 1.87 bits per heavy atom.